The molecular weight excluding hydrogens is 326 g/mol. The van der Waals surface area contributed by atoms with Crippen molar-refractivity contribution >= 4 is 24.0 Å². The second kappa shape index (κ2) is 9.16. The van der Waals surface area contributed by atoms with E-state index in [-0.39, 0.29) is 42.4 Å². The fourth-order valence-corrected chi connectivity index (χ4v) is 2.29. The number of nitrogens with zero attached hydrogens (tertiary/aromatic N) is 1. The summed E-state index contributed by atoms with van der Waals surface area (Å²) in [6, 6.07) is 4.25. The van der Waals surface area contributed by atoms with E-state index in [1.165, 1.54) is 25.3 Å². The predicted molar refractivity (Wildman–Crippen MR) is 86.4 cm³/mol. The third-order valence-corrected chi connectivity index (χ3v) is 3.38. The Labute approximate surface area is 140 Å². The van der Waals surface area contributed by atoms with E-state index in [9.17, 15) is 14.9 Å². The van der Waals surface area contributed by atoms with Gasteiger partial charge in [-0.05, 0) is 25.5 Å². The number of halogens is 1. The summed E-state index contributed by atoms with van der Waals surface area (Å²) in [5.74, 6) is 0.227. The average molecular weight is 346 g/mol. The van der Waals surface area contributed by atoms with Gasteiger partial charge in [0.1, 0.15) is 5.75 Å². The van der Waals surface area contributed by atoms with Gasteiger partial charge in [-0.1, -0.05) is 0 Å². The number of nitro benzene ring substituents is 1. The second-order valence-corrected chi connectivity index (χ2v) is 4.99. The number of methoxy groups -OCH3 is 1. The van der Waals surface area contributed by atoms with Crippen molar-refractivity contribution in [2.24, 2.45) is 0 Å². The summed E-state index contributed by atoms with van der Waals surface area (Å²) < 4.78 is 10.3. The highest BCUT2D eigenvalue weighted by molar-refractivity contribution is 5.85. The zero-order valence-corrected chi connectivity index (χ0v) is 13.6. The zero-order chi connectivity index (χ0) is 15.9. The molecule has 0 aromatic heterocycles. The quantitative estimate of drug-likeness (QED) is 0.594. The van der Waals surface area contributed by atoms with E-state index in [1.807, 2.05) is 0 Å². The van der Waals surface area contributed by atoms with Crippen molar-refractivity contribution in [3.05, 3.63) is 28.3 Å². The number of rotatable bonds is 6. The van der Waals surface area contributed by atoms with Gasteiger partial charge in [0.15, 0.2) is 6.61 Å². The Hall–Kier alpha value is -2.06. The molecule has 1 aliphatic rings. The SMILES string of the molecule is COc1cc(OCC(=O)NC2CCCNC2)ccc1[N+](=O)[O-].Cl. The van der Waals surface area contributed by atoms with Gasteiger partial charge in [-0.3, -0.25) is 14.9 Å². The van der Waals surface area contributed by atoms with Gasteiger partial charge in [0, 0.05) is 24.7 Å². The van der Waals surface area contributed by atoms with Crippen molar-refractivity contribution in [3.63, 3.8) is 0 Å². The molecule has 0 radical (unpaired) electrons. The molecule has 1 aromatic carbocycles. The van der Waals surface area contributed by atoms with Crippen molar-refractivity contribution in [2.75, 3.05) is 26.8 Å². The van der Waals surface area contributed by atoms with E-state index in [0.29, 0.717) is 5.75 Å². The summed E-state index contributed by atoms with van der Waals surface area (Å²) in [7, 11) is 1.34. The Morgan fingerprint density at radius 2 is 2.30 bits per heavy atom. The van der Waals surface area contributed by atoms with Crippen LogP contribution in [0, 0.1) is 10.1 Å². The highest BCUT2D eigenvalue weighted by atomic mass is 35.5. The monoisotopic (exact) mass is 345 g/mol. The Balaban J connectivity index is 0.00000264. The molecule has 1 aliphatic heterocycles. The van der Waals surface area contributed by atoms with E-state index in [2.05, 4.69) is 10.6 Å². The summed E-state index contributed by atoms with van der Waals surface area (Å²) in [5.41, 5.74) is -0.146. The molecule has 8 nitrogen and oxygen atoms in total. The molecule has 1 heterocycles. The molecule has 1 saturated heterocycles. The van der Waals surface area contributed by atoms with Gasteiger partial charge in [-0.25, -0.2) is 0 Å². The molecule has 0 bridgehead atoms. The van der Waals surface area contributed by atoms with Gasteiger partial charge in [0.2, 0.25) is 5.75 Å². The van der Waals surface area contributed by atoms with E-state index in [4.69, 9.17) is 9.47 Å². The molecule has 2 rings (SSSR count). The Bertz CT molecular complexity index is 549. The lowest BCUT2D eigenvalue weighted by molar-refractivity contribution is -0.385. The lowest BCUT2D eigenvalue weighted by Gasteiger charge is -2.23. The van der Waals surface area contributed by atoms with Crippen molar-refractivity contribution in [1.29, 1.82) is 0 Å². The number of benzene rings is 1. The largest absolute Gasteiger partial charge is 0.490 e. The Morgan fingerprint density at radius 1 is 1.52 bits per heavy atom. The topological polar surface area (TPSA) is 103 Å². The van der Waals surface area contributed by atoms with Crippen LogP contribution in [0.4, 0.5) is 5.69 Å². The van der Waals surface area contributed by atoms with Gasteiger partial charge in [-0.15, -0.1) is 12.4 Å². The molecule has 1 unspecified atom stereocenters. The van der Waals surface area contributed by atoms with Crippen LogP contribution in [0.5, 0.6) is 11.5 Å². The Morgan fingerprint density at radius 3 is 2.91 bits per heavy atom. The maximum Gasteiger partial charge on any atom is 0.311 e. The predicted octanol–water partition coefficient (Wildman–Crippen LogP) is 1.27. The van der Waals surface area contributed by atoms with Crippen molar-refractivity contribution < 1.29 is 19.2 Å². The number of nitrogens with one attached hydrogen (secondary N) is 2. The minimum atomic E-state index is -0.536. The van der Waals surface area contributed by atoms with Gasteiger partial charge in [-0.2, -0.15) is 0 Å². The molecule has 2 N–H and O–H groups in total. The number of nitro groups is 1. The number of carbonyl (C=O) groups excluding carboxylic acids is 1. The molecule has 9 heteroatoms. The maximum atomic E-state index is 11.8. The van der Waals surface area contributed by atoms with Crippen LogP contribution in [-0.4, -0.2) is 43.7 Å². The first kappa shape index (κ1) is 19.0. The third-order valence-electron chi connectivity index (χ3n) is 3.38. The smallest absolute Gasteiger partial charge is 0.311 e. The van der Waals surface area contributed by atoms with Crippen LogP contribution in [-0.2, 0) is 4.79 Å². The lowest BCUT2D eigenvalue weighted by Crippen LogP contribution is -2.46. The van der Waals surface area contributed by atoms with Crippen molar-refractivity contribution in [1.82, 2.24) is 10.6 Å². The zero-order valence-electron chi connectivity index (χ0n) is 12.7. The van der Waals surface area contributed by atoms with Crippen molar-refractivity contribution in [2.45, 2.75) is 18.9 Å². The number of hydrogen-bond acceptors (Lipinski definition) is 6. The summed E-state index contributed by atoms with van der Waals surface area (Å²) in [6.07, 6.45) is 1.98. The van der Waals surface area contributed by atoms with Gasteiger partial charge >= 0.3 is 5.69 Å². The minimum Gasteiger partial charge on any atom is -0.490 e. The normalized spacial score (nSPS) is 16.8. The molecule has 1 fully saturated rings. The van der Waals surface area contributed by atoms with E-state index < -0.39 is 4.92 Å². The standard InChI is InChI=1S/C14H19N3O5.ClH/c1-21-13-7-11(4-5-12(13)17(19)20)22-9-14(18)16-10-3-2-6-15-8-10;/h4-5,7,10,15H,2-3,6,8-9H2,1H3,(H,16,18);1H. The molecule has 0 aliphatic carbocycles. The summed E-state index contributed by atoms with van der Waals surface area (Å²) in [4.78, 5) is 22.1. The minimum absolute atomic E-state index is 0. The maximum absolute atomic E-state index is 11.8. The van der Waals surface area contributed by atoms with E-state index in [1.54, 1.807) is 0 Å². The van der Waals surface area contributed by atoms with Crippen LogP contribution in [0.25, 0.3) is 0 Å². The first-order valence-electron chi connectivity index (χ1n) is 7.05. The Kier molecular flexibility index (Phi) is 7.56. The van der Waals surface area contributed by atoms with E-state index in [0.717, 1.165) is 25.9 Å². The highest BCUT2D eigenvalue weighted by Gasteiger charge is 2.17. The lowest BCUT2D eigenvalue weighted by atomic mass is 10.1. The van der Waals surface area contributed by atoms with Crippen LogP contribution in [0.2, 0.25) is 0 Å². The molecule has 128 valence electrons. The van der Waals surface area contributed by atoms with Gasteiger partial charge in [0.05, 0.1) is 12.0 Å². The summed E-state index contributed by atoms with van der Waals surface area (Å²) in [5, 5.41) is 16.9. The van der Waals surface area contributed by atoms with Crippen LogP contribution >= 0.6 is 12.4 Å². The molecule has 1 atom stereocenters. The summed E-state index contributed by atoms with van der Waals surface area (Å²) >= 11 is 0. The first-order valence-corrected chi connectivity index (χ1v) is 7.05. The second-order valence-electron chi connectivity index (χ2n) is 4.99. The average Bonchev–Trinajstić information content (AvgIpc) is 2.53. The molecule has 0 saturated carbocycles. The number of amides is 1. The molecule has 1 aromatic rings. The van der Waals surface area contributed by atoms with E-state index >= 15 is 0 Å². The number of carbonyl (C=O) groups is 1. The first-order chi connectivity index (χ1) is 10.6. The van der Waals surface area contributed by atoms with Crippen molar-refractivity contribution in [3.8, 4) is 11.5 Å². The van der Waals surface area contributed by atoms with Crippen LogP contribution in [0.3, 0.4) is 0 Å². The van der Waals surface area contributed by atoms with Crippen LogP contribution < -0.4 is 20.1 Å². The molecular formula is C14H20ClN3O5. The van der Waals surface area contributed by atoms with Gasteiger partial charge < -0.3 is 20.1 Å². The van der Waals surface area contributed by atoms with Crippen LogP contribution in [0.15, 0.2) is 18.2 Å². The van der Waals surface area contributed by atoms with Gasteiger partial charge in [0.25, 0.3) is 5.91 Å². The third kappa shape index (κ3) is 5.57. The number of ether oxygens (including phenoxy) is 2. The molecule has 0 spiro atoms. The molecule has 23 heavy (non-hydrogen) atoms. The number of hydrogen-bond donors (Lipinski definition) is 2. The number of piperidine rings is 1. The summed E-state index contributed by atoms with van der Waals surface area (Å²) in [6.45, 7) is 1.60. The fraction of sp³-hybridized carbons (Fsp3) is 0.500. The fourth-order valence-electron chi connectivity index (χ4n) is 2.29. The van der Waals surface area contributed by atoms with Crippen LogP contribution in [0.1, 0.15) is 12.8 Å². The highest BCUT2D eigenvalue weighted by Crippen LogP contribution is 2.30. The molecule has 1 amide bonds.